The fourth-order valence-corrected chi connectivity index (χ4v) is 4.20. The first-order chi connectivity index (χ1) is 8.61. The number of halogens is 2. The zero-order valence-electron chi connectivity index (χ0n) is 11.1. The molecule has 2 atom stereocenters. The van der Waals surface area contributed by atoms with Crippen LogP contribution in [0.25, 0.3) is 0 Å². The number of hydrogen-bond donors (Lipinski definition) is 0. The second-order valence-electron chi connectivity index (χ2n) is 5.45. The minimum Gasteiger partial charge on any atom is -0.372 e. The van der Waals surface area contributed by atoms with E-state index in [0.717, 1.165) is 11.2 Å². The lowest BCUT2D eigenvalue weighted by Crippen LogP contribution is -2.35. The van der Waals surface area contributed by atoms with E-state index in [2.05, 4.69) is 68.9 Å². The van der Waals surface area contributed by atoms with Crippen molar-refractivity contribution in [3.05, 3.63) is 28.2 Å². The van der Waals surface area contributed by atoms with Crippen molar-refractivity contribution in [2.75, 3.05) is 11.9 Å². The number of anilines is 1. The average molecular weight is 375 g/mol. The van der Waals surface area contributed by atoms with E-state index in [-0.39, 0.29) is 0 Å². The maximum atomic E-state index is 3.65. The van der Waals surface area contributed by atoms with Crippen LogP contribution in [-0.2, 0) is 5.33 Å². The fraction of sp³-hybridized carbons (Fsp3) is 0.600. The van der Waals surface area contributed by atoms with E-state index in [9.17, 15) is 0 Å². The molecule has 1 aliphatic rings. The van der Waals surface area contributed by atoms with Gasteiger partial charge in [0.1, 0.15) is 0 Å². The number of nitrogens with zero attached hydrogens (tertiary/aromatic N) is 1. The Labute approximate surface area is 127 Å². The molecule has 1 aromatic rings. The summed E-state index contributed by atoms with van der Waals surface area (Å²) in [7, 11) is 2.23. The molecule has 0 heterocycles. The third kappa shape index (κ3) is 3.30. The number of benzene rings is 1. The molecule has 1 nitrogen and oxygen atoms in total. The van der Waals surface area contributed by atoms with Crippen LogP contribution < -0.4 is 4.90 Å². The first-order valence-electron chi connectivity index (χ1n) is 6.69. The van der Waals surface area contributed by atoms with E-state index in [0.29, 0.717) is 6.04 Å². The lowest BCUT2D eigenvalue weighted by molar-refractivity contribution is 0.336. The maximum absolute atomic E-state index is 3.65. The zero-order valence-corrected chi connectivity index (χ0v) is 14.3. The third-order valence-electron chi connectivity index (χ3n) is 4.04. The summed E-state index contributed by atoms with van der Waals surface area (Å²) >= 11 is 7.17. The summed E-state index contributed by atoms with van der Waals surface area (Å²) in [5, 5.41) is 0.901. The van der Waals surface area contributed by atoms with E-state index < -0.39 is 0 Å². The minimum atomic E-state index is 0.704. The maximum Gasteiger partial charge on any atom is 0.0377 e. The molecule has 0 spiro atoms. The molecule has 0 aliphatic heterocycles. The molecule has 100 valence electrons. The summed E-state index contributed by atoms with van der Waals surface area (Å²) in [5.41, 5.74) is 2.63. The lowest BCUT2D eigenvalue weighted by atomic mass is 9.86. The molecule has 0 saturated heterocycles. The third-order valence-corrected chi connectivity index (χ3v) is 5.39. The Balaban J connectivity index is 2.12. The predicted molar refractivity (Wildman–Crippen MR) is 86.6 cm³/mol. The van der Waals surface area contributed by atoms with Crippen LogP contribution in [0.1, 0.15) is 38.2 Å². The summed E-state index contributed by atoms with van der Waals surface area (Å²) in [4.78, 5) is 2.46. The van der Waals surface area contributed by atoms with Crippen LogP contribution in [-0.4, -0.2) is 13.1 Å². The number of rotatable bonds is 3. The molecule has 0 amide bonds. The van der Waals surface area contributed by atoms with Crippen molar-refractivity contribution < 1.29 is 0 Å². The summed E-state index contributed by atoms with van der Waals surface area (Å²) in [5.74, 6) is 0.872. The standard InChI is InChI=1S/C15H21Br2N/c1-11-4-3-5-13(8-11)18(2)14-7-6-12(10-16)15(17)9-14/h6-7,9,11,13H,3-5,8,10H2,1-2H3. The first-order valence-corrected chi connectivity index (χ1v) is 8.60. The highest BCUT2D eigenvalue weighted by atomic mass is 79.9. The van der Waals surface area contributed by atoms with Gasteiger partial charge in [-0.1, -0.05) is 57.7 Å². The topological polar surface area (TPSA) is 3.24 Å². The van der Waals surface area contributed by atoms with Gasteiger partial charge in [-0.05, 0) is 36.5 Å². The van der Waals surface area contributed by atoms with Crippen LogP contribution in [0, 0.1) is 5.92 Å². The molecule has 2 rings (SSSR count). The van der Waals surface area contributed by atoms with E-state index >= 15 is 0 Å². The molecular formula is C15H21Br2N. The summed E-state index contributed by atoms with van der Waals surface area (Å²) in [6, 6.07) is 7.39. The van der Waals surface area contributed by atoms with Gasteiger partial charge in [0.15, 0.2) is 0 Å². The molecule has 2 unspecified atom stereocenters. The van der Waals surface area contributed by atoms with Crippen LogP contribution in [0.3, 0.4) is 0 Å². The van der Waals surface area contributed by atoms with Crippen LogP contribution in [0.15, 0.2) is 22.7 Å². The van der Waals surface area contributed by atoms with Gasteiger partial charge in [-0.3, -0.25) is 0 Å². The van der Waals surface area contributed by atoms with Crippen LogP contribution in [0.4, 0.5) is 5.69 Å². The Bertz CT molecular complexity index is 405. The van der Waals surface area contributed by atoms with Crippen LogP contribution in [0.2, 0.25) is 0 Å². The SMILES string of the molecule is CC1CCCC(N(C)c2ccc(CBr)c(Br)c2)C1. The summed E-state index contributed by atoms with van der Waals surface area (Å²) in [6.07, 6.45) is 5.43. The Morgan fingerprint density at radius 2 is 2.11 bits per heavy atom. The van der Waals surface area contributed by atoms with Crippen LogP contribution in [0.5, 0.6) is 0 Å². The highest BCUT2D eigenvalue weighted by Gasteiger charge is 2.22. The minimum absolute atomic E-state index is 0.704. The highest BCUT2D eigenvalue weighted by Crippen LogP contribution is 2.31. The van der Waals surface area contributed by atoms with Crippen molar-refractivity contribution in [3.8, 4) is 0 Å². The molecule has 0 N–H and O–H groups in total. The van der Waals surface area contributed by atoms with Crippen molar-refractivity contribution in [2.24, 2.45) is 5.92 Å². The lowest BCUT2D eigenvalue weighted by Gasteiger charge is -2.35. The van der Waals surface area contributed by atoms with Crippen LogP contribution >= 0.6 is 31.9 Å². The second-order valence-corrected chi connectivity index (χ2v) is 6.86. The molecule has 0 radical (unpaired) electrons. The van der Waals surface area contributed by atoms with E-state index in [1.165, 1.54) is 41.4 Å². The largest absolute Gasteiger partial charge is 0.372 e. The van der Waals surface area contributed by atoms with Gasteiger partial charge in [-0.2, -0.15) is 0 Å². The molecule has 1 saturated carbocycles. The van der Waals surface area contributed by atoms with Gasteiger partial charge < -0.3 is 4.90 Å². The van der Waals surface area contributed by atoms with Gasteiger partial charge in [-0.15, -0.1) is 0 Å². The molecule has 0 bridgehead atoms. The van der Waals surface area contributed by atoms with Crippen molar-refractivity contribution >= 4 is 37.5 Å². The van der Waals surface area contributed by atoms with E-state index in [1.54, 1.807) is 0 Å². The van der Waals surface area contributed by atoms with E-state index in [1.807, 2.05) is 0 Å². The summed E-state index contributed by atoms with van der Waals surface area (Å²) in [6.45, 7) is 2.38. The predicted octanol–water partition coefficient (Wildman–Crippen LogP) is 5.36. The normalized spacial score (nSPS) is 24.0. The average Bonchev–Trinajstić information content (AvgIpc) is 2.37. The van der Waals surface area contributed by atoms with Crippen molar-refractivity contribution in [1.29, 1.82) is 0 Å². The smallest absolute Gasteiger partial charge is 0.0377 e. The quantitative estimate of drug-likeness (QED) is 0.643. The van der Waals surface area contributed by atoms with Gasteiger partial charge >= 0.3 is 0 Å². The van der Waals surface area contributed by atoms with Crippen molar-refractivity contribution in [1.82, 2.24) is 0 Å². The fourth-order valence-electron chi connectivity index (χ4n) is 2.83. The number of alkyl halides is 1. The Hall–Kier alpha value is -0.0200. The number of hydrogen-bond acceptors (Lipinski definition) is 1. The molecule has 0 aromatic heterocycles. The highest BCUT2D eigenvalue weighted by molar-refractivity contribution is 9.10. The van der Waals surface area contributed by atoms with Crippen molar-refractivity contribution in [2.45, 2.75) is 44.0 Å². The Morgan fingerprint density at radius 1 is 1.33 bits per heavy atom. The molecule has 1 aliphatic carbocycles. The van der Waals surface area contributed by atoms with Gasteiger partial charge in [0.25, 0.3) is 0 Å². The zero-order chi connectivity index (χ0) is 13.1. The Morgan fingerprint density at radius 3 is 2.72 bits per heavy atom. The van der Waals surface area contributed by atoms with Gasteiger partial charge in [0.05, 0.1) is 0 Å². The van der Waals surface area contributed by atoms with Crippen molar-refractivity contribution in [3.63, 3.8) is 0 Å². The molecule has 18 heavy (non-hydrogen) atoms. The van der Waals surface area contributed by atoms with Gasteiger partial charge in [0.2, 0.25) is 0 Å². The molecular weight excluding hydrogens is 354 g/mol. The summed E-state index contributed by atoms with van der Waals surface area (Å²) < 4.78 is 1.20. The second kappa shape index (κ2) is 6.42. The monoisotopic (exact) mass is 373 g/mol. The van der Waals surface area contributed by atoms with Gasteiger partial charge in [-0.25, -0.2) is 0 Å². The first kappa shape index (κ1) is 14.4. The molecule has 3 heteroatoms. The van der Waals surface area contributed by atoms with E-state index in [4.69, 9.17) is 0 Å². The Kier molecular flexibility index (Phi) is 5.14. The molecule has 1 aromatic carbocycles. The molecule has 1 fully saturated rings. The van der Waals surface area contributed by atoms with Gasteiger partial charge in [0, 0.05) is 28.6 Å².